The lowest BCUT2D eigenvalue weighted by Gasteiger charge is -2.18. The lowest BCUT2D eigenvalue weighted by molar-refractivity contribution is 0.0514. The van der Waals surface area contributed by atoms with Crippen LogP contribution in [-0.2, 0) is 17.8 Å². The van der Waals surface area contributed by atoms with Gasteiger partial charge in [-0.15, -0.1) is 0 Å². The Kier molecular flexibility index (Phi) is 7.85. The Bertz CT molecular complexity index is 1910. The van der Waals surface area contributed by atoms with Gasteiger partial charge in [0, 0.05) is 29.4 Å². The summed E-state index contributed by atoms with van der Waals surface area (Å²) >= 11 is 0. The largest absolute Gasteiger partial charge is 0.442 e. The molecule has 5 aromatic rings. The quantitative estimate of drug-likeness (QED) is 0.283. The summed E-state index contributed by atoms with van der Waals surface area (Å²) in [5.41, 5.74) is 0.362. The fraction of sp³-hybridized carbons (Fsp3) is 0.194. The van der Waals surface area contributed by atoms with E-state index in [-0.39, 0.29) is 23.1 Å². The Morgan fingerprint density at radius 1 is 0.977 bits per heavy atom. The van der Waals surface area contributed by atoms with Gasteiger partial charge >= 0.3 is 6.09 Å². The smallest absolute Gasteiger partial charge is 0.435 e. The number of hydrogen-bond donors (Lipinski definition) is 1. The lowest BCUT2D eigenvalue weighted by Crippen LogP contribution is -2.27. The highest BCUT2D eigenvalue weighted by Gasteiger charge is 2.19. The number of amides is 1. The molecule has 0 aliphatic carbocycles. The molecular formula is C31H26F3N5O4. The molecule has 0 radical (unpaired) electrons. The van der Waals surface area contributed by atoms with Gasteiger partial charge in [-0.25, -0.2) is 22.9 Å². The molecule has 0 saturated heterocycles. The standard InChI is InChI=1S/C31H26F3N5O4/c1-31(2,3)43-30(42)39-16-21(13-37-39)19-7-8-27-23(12-19)29(41)38(17-36-27)15-18-9-20(11-22(32)10-18)28(40)35-14-24-25(33)5-4-6-26(24)34/h4-13,16-17H,14-15H2,1-3H3,(H,35,40). The SMILES string of the molecule is CC(C)(C)OC(=O)n1cc(-c2ccc3ncn(Cc4cc(F)cc(C(=O)NCc5c(F)cccc5F)c4)c(=O)c3c2)cn1. The third-order valence-corrected chi connectivity index (χ3v) is 6.38. The molecule has 5 rings (SSSR count). The number of rotatable bonds is 6. The number of fused-ring (bicyclic) bond motifs is 1. The molecule has 0 aliphatic heterocycles. The maximum Gasteiger partial charge on any atom is 0.435 e. The van der Waals surface area contributed by atoms with Crippen molar-refractivity contribution in [1.82, 2.24) is 24.6 Å². The van der Waals surface area contributed by atoms with Crippen LogP contribution in [0.25, 0.3) is 22.0 Å². The number of carbonyl (C=O) groups excluding carboxylic acids is 2. The topological polar surface area (TPSA) is 108 Å². The maximum atomic E-state index is 14.5. The number of nitrogens with one attached hydrogen (secondary N) is 1. The van der Waals surface area contributed by atoms with Crippen molar-refractivity contribution in [1.29, 1.82) is 0 Å². The van der Waals surface area contributed by atoms with Crippen LogP contribution in [0, 0.1) is 17.5 Å². The summed E-state index contributed by atoms with van der Waals surface area (Å²) in [6, 6.07) is 11.9. The summed E-state index contributed by atoms with van der Waals surface area (Å²) in [6.07, 6.45) is 3.63. The number of ether oxygens (including phenoxy) is 1. The van der Waals surface area contributed by atoms with Gasteiger partial charge < -0.3 is 10.1 Å². The second kappa shape index (κ2) is 11.6. The van der Waals surface area contributed by atoms with E-state index < -0.39 is 47.2 Å². The van der Waals surface area contributed by atoms with Crippen LogP contribution in [0.3, 0.4) is 0 Å². The van der Waals surface area contributed by atoms with E-state index >= 15 is 0 Å². The molecule has 2 heterocycles. The number of halogens is 3. The number of benzene rings is 3. The molecule has 0 spiro atoms. The second-order valence-corrected chi connectivity index (χ2v) is 10.8. The van der Waals surface area contributed by atoms with E-state index in [4.69, 9.17) is 4.74 Å². The van der Waals surface area contributed by atoms with Crippen molar-refractivity contribution in [2.75, 3.05) is 0 Å². The van der Waals surface area contributed by atoms with Crippen molar-refractivity contribution in [3.05, 3.63) is 118 Å². The van der Waals surface area contributed by atoms with Crippen LogP contribution in [0.2, 0.25) is 0 Å². The van der Waals surface area contributed by atoms with Crippen LogP contribution in [0.5, 0.6) is 0 Å². The molecule has 0 bridgehead atoms. The average molecular weight is 590 g/mol. The Labute approximate surface area is 243 Å². The highest BCUT2D eigenvalue weighted by atomic mass is 19.1. The molecule has 43 heavy (non-hydrogen) atoms. The van der Waals surface area contributed by atoms with E-state index in [9.17, 15) is 27.6 Å². The van der Waals surface area contributed by atoms with Crippen LogP contribution in [-0.4, -0.2) is 36.9 Å². The maximum absolute atomic E-state index is 14.5. The molecule has 9 nitrogen and oxygen atoms in total. The Morgan fingerprint density at radius 3 is 2.44 bits per heavy atom. The number of aromatic nitrogens is 4. The van der Waals surface area contributed by atoms with Gasteiger partial charge in [-0.3, -0.25) is 14.2 Å². The number of carbonyl (C=O) groups is 2. The molecule has 0 fully saturated rings. The molecule has 1 N–H and O–H groups in total. The zero-order chi connectivity index (χ0) is 30.9. The van der Waals surface area contributed by atoms with Gasteiger partial charge in [0.05, 0.1) is 30.0 Å². The van der Waals surface area contributed by atoms with E-state index in [0.717, 1.165) is 22.9 Å². The minimum absolute atomic E-state index is 0.0853. The van der Waals surface area contributed by atoms with E-state index in [1.807, 2.05) is 0 Å². The first kappa shape index (κ1) is 29.2. The van der Waals surface area contributed by atoms with E-state index in [1.54, 1.807) is 39.0 Å². The third-order valence-electron chi connectivity index (χ3n) is 6.38. The zero-order valence-corrected chi connectivity index (χ0v) is 23.4. The van der Waals surface area contributed by atoms with Crippen molar-refractivity contribution in [3.63, 3.8) is 0 Å². The average Bonchev–Trinajstić information content (AvgIpc) is 3.44. The highest BCUT2D eigenvalue weighted by Crippen LogP contribution is 2.22. The summed E-state index contributed by atoms with van der Waals surface area (Å²) in [5, 5.41) is 6.72. The minimum atomic E-state index is -0.816. The van der Waals surface area contributed by atoms with E-state index in [2.05, 4.69) is 15.4 Å². The van der Waals surface area contributed by atoms with Crippen molar-refractivity contribution in [2.24, 2.45) is 0 Å². The zero-order valence-electron chi connectivity index (χ0n) is 23.4. The lowest BCUT2D eigenvalue weighted by atomic mass is 10.1. The van der Waals surface area contributed by atoms with Gasteiger partial charge in [0.2, 0.25) is 0 Å². The van der Waals surface area contributed by atoms with Crippen molar-refractivity contribution >= 4 is 22.9 Å². The normalized spacial score (nSPS) is 11.5. The van der Waals surface area contributed by atoms with Crippen LogP contribution in [0.1, 0.15) is 42.3 Å². The highest BCUT2D eigenvalue weighted by molar-refractivity contribution is 5.94. The molecule has 12 heteroatoms. The molecular weight excluding hydrogens is 563 g/mol. The first-order chi connectivity index (χ1) is 20.4. The van der Waals surface area contributed by atoms with Gasteiger partial charge in [0.1, 0.15) is 23.1 Å². The van der Waals surface area contributed by atoms with E-state index in [0.29, 0.717) is 22.2 Å². The number of hydrogen-bond acceptors (Lipinski definition) is 6. The molecule has 0 atom stereocenters. The van der Waals surface area contributed by atoms with Crippen molar-refractivity contribution in [3.8, 4) is 11.1 Å². The predicted octanol–water partition coefficient (Wildman–Crippen LogP) is 5.44. The van der Waals surface area contributed by atoms with Crippen molar-refractivity contribution < 1.29 is 27.5 Å². The molecule has 0 aliphatic rings. The van der Waals surface area contributed by atoms with E-state index in [1.165, 1.54) is 41.5 Å². The second-order valence-electron chi connectivity index (χ2n) is 10.8. The first-order valence-electron chi connectivity index (χ1n) is 13.2. The first-order valence-corrected chi connectivity index (χ1v) is 13.2. The van der Waals surface area contributed by atoms with Gasteiger partial charge in [-0.2, -0.15) is 9.78 Å². The number of nitrogens with zero attached hydrogens (tertiary/aromatic N) is 4. The van der Waals surface area contributed by atoms with Gasteiger partial charge in [-0.1, -0.05) is 12.1 Å². The summed E-state index contributed by atoms with van der Waals surface area (Å²) in [7, 11) is 0. The van der Waals surface area contributed by atoms with Crippen LogP contribution >= 0.6 is 0 Å². The molecule has 1 amide bonds. The Morgan fingerprint density at radius 2 is 1.72 bits per heavy atom. The summed E-state index contributed by atoms with van der Waals surface area (Å²) < 4.78 is 50.0. The van der Waals surface area contributed by atoms with Crippen LogP contribution in [0.15, 0.2) is 78.1 Å². The summed E-state index contributed by atoms with van der Waals surface area (Å²) in [6.45, 7) is 4.69. The van der Waals surface area contributed by atoms with Gasteiger partial charge in [-0.05, 0) is 74.4 Å². The minimum Gasteiger partial charge on any atom is -0.442 e. The Hall–Kier alpha value is -5.26. The molecule has 2 aromatic heterocycles. The monoisotopic (exact) mass is 589 g/mol. The molecule has 0 unspecified atom stereocenters. The Balaban J connectivity index is 1.38. The fourth-order valence-electron chi connectivity index (χ4n) is 4.37. The van der Waals surface area contributed by atoms with Crippen LogP contribution in [0.4, 0.5) is 18.0 Å². The third kappa shape index (κ3) is 6.64. The van der Waals surface area contributed by atoms with Crippen LogP contribution < -0.4 is 10.9 Å². The summed E-state index contributed by atoms with van der Waals surface area (Å²) in [4.78, 5) is 42.8. The molecule has 0 saturated carbocycles. The predicted molar refractivity (Wildman–Crippen MR) is 152 cm³/mol. The summed E-state index contributed by atoms with van der Waals surface area (Å²) in [5.74, 6) is -3.11. The fourth-order valence-corrected chi connectivity index (χ4v) is 4.37. The van der Waals surface area contributed by atoms with Crippen molar-refractivity contribution in [2.45, 2.75) is 39.5 Å². The van der Waals surface area contributed by atoms with Gasteiger partial charge in [0.15, 0.2) is 0 Å². The molecule has 3 aromatic carbocycles. The van der Waals surface area contributed by atoms with Gasteiger partial charge in [0.25, 0.3) is 11.5 Å². The molecule has 220 valence electrons.